The fraction of sp³-hybridized carbons (Fsp3) is 0.455. The van der Waals surface area contributed by atoms with Crippen LogP contribution in [0, 0.1) is 0 Å². The first-order valence-corrected chi connectivity index (χ1v) is 4.94. The molecule has 0 aliphatic carbocycles. The Labute approximate surface area is 90.5 Å². The van der Waals surface area contributed by atoms with Gasteiger partial charge >= 0.3 is 0 Å². The molecule has 0 atom stereocenters. The molecular formula is C11H17N3O. The van der Waals surface area contributed by atoms with Gasteiger partial charge in [-0.05, 0) is 26.2 Å². The normalized spacial score (nSPS) is 10.4. The molecule has 1 aromatic heterocycles. The zero-order valence-corrected chi connectivity index (χ0v) is 9.47. The number of aromatic nitrogens is 1. The van der Waals surface area contributed by atoms with E-state index >= 15 is 0 Å². The van der Waals surface area contributed by atoms with E-state index in [0.717, 1.165) is 12.2 Å². The van der Waals surface area contributed by atoms with Crippen molar-refractivity contribution in [3.8, 4) is 0 Å². The molecule has 0 N–H and O–H groups in total. The number of amides is 1. The summed E-state index contributed by atoms with van der Waals surface area (Å²) >= 11 is 0. The van der Waals surface area contributed by atoms with Crippen molar-refractivity contribution < 1.29 is 4.79 Å². The minimum atomic E-state index is 0.0584. The van der Waals surface area contributed by atoms with Crippen LogP contribution in [0.1, 0.15) is 6.92 Å². The molecule has 1 amide bonds. The Bertz CT molecular complexity index is 311. The minimum Gasteiger partial charge on any atom is -0.311 e. The molecule has 0 unspecified atom stereocenters. The van der Waals surface area contributed by atoms with E-state index in [1.807, 2.05) is 26.2 Å². The van der Waals surface area contributed by atoms with E-state index in [0.29, 0.717) is 6.54 Å². The zero-order chi connectivity index (χ0) is 11.3. The topological polar surface area (TPSA) is 36.4 Å². The van der Waals surface area contributed by atoms with E-state index in [2.05, 4.69) is 9.88 Å². The molecule has 4 nitrogen and oxygen atoms in total. The molecule has 0 radical (unpaired) electrons. The van der Waals surface area contributed by atoms with E-state index in [9.17, 15) is 4.79 Å². The maximum absolute atomic E-state index is 11.4. The maximum Gasteiger partial charge on any atom is 0.223 e. The Kier molecular flexibility index (Phi) is 4.24. The fourth-order valence-corrected chi connectivity index (χ4v) is 1.29. The number of nitrogens with zero attached hydrogens (tertiary/aromatic N) is 3. The third kappa shape index (κ3) is 3.67. The Hall–Kier alpha value is -1.42. The highest BCUT2D eigenvalue weighted by Crippen LogP contribution is 2.11. The molecule has 4 heteroatoms. The number of hydrogen-bond acceptors (Lipinski definition) is 3. The predicted octanol–water partition coefficient (Wildman–Crippen LogP) is 0.996. The summed E-state index contributed by atoms with van der Waals surface area (Å²) in [6, 6.07) is 3.69. The number of hydrogen-bond donors (Lipinski definition) is 0. The van der Waals surface area contributed by atoms with Crippen LogP contribution in [-0.2, 0) is 4.79 Å². The van der Waals surface area contributed by atoms with Gasteiger partial charge in [-0.2, -0.15) is 0 Å². The van der Waals surface area contributed by atoms with Crippen molar-refractivity contribution in [1.29, 1.82) is 0 Å². The summed E-state index contributed by atoms with van der Waals surface area (Å²) in [6.07, 6.45) is 3.39. The van der Waals surface area contributed by atoms with Crippen LogP contribution in [0.2, 0.25) is 0 Å². The molecule has 0 bridgehead atoms. The van der Waals surface area contributed by atoms with Gasteiger partial charge in [0.15, 0.2) is 0 Å². The van der Waals surface area contributed by atoms with Crippen LogP contribution in [0.3, 0.4) is 0 Å². The van der Waals surface area contributed by atoms with Crippen molar-refractivity contribution in [2.75, 3.05) is 32.1 Å². The van der Waals surface area contributed by atoms with Crippen molar-refractivity contribution in [3.05, 3.63) is 24.5 Å². The minimum absolute atomic E-state index is 0.0584. The van der Waals surface area contributed by atoms with Gasteiger partial charge in [-0.3, -0.25) is 9.78 Å². The summed E-state index contributed by atoms with van der Waals surface area (Å²) in [4.78, 5) is 19.2. The van der Waals surface area contributed by atoms with E-state index in [4.69, 9.17) is 0 Å². The molecular weight excluding hydrogens is 190 g/mol. The Balaban J connectivity index is 2.71. The molecule has 15 heavy (non-hydrogen) atoms. The zero-order valence-electron chi connectivity index (χ0n) is 9.47. The number of anilines is 1. The predicted molar refractivity (Wildman–Crippen MR) is 60.8 cm³/mol. The summed E-state index contributed by atoms with van der Waals surface area (Å²) in [5, 5.41) is 0. The summed E-state index contributed by atoms with van der Waals surface area (Å²) < 4.78 is 0. The van der Waals surface area contributed by atoms with E-state index < -0.39 is 0 Å². The van der Waals surface area contributed by atoms with Gasteiger partial charge in [-0.15, -0.1) is 0 Å². The van der Waals surface area contributed by atoms with Gasteiger partial charge in [-0.25, -0.2) is 0 Å². The molecule has 1 rings (SSSR count). The third-order valence-electron chi connectivity index (χ3n) is 2.13. The highest BCUT2D eigenvalue weighted by Gasteiger charge is 2.10. The fourth-order valence-electron chi connectivity index (χ4n) is 1.29. The largest absolute Gasteiger partial charge is 0.311 e. The molecule has 0 saturated carbocycles. The van der Waals surface area contributed by atoms with Crippen LogP contribution in [0.25, 0.3) is 0 Å². The Morgan fingerprint density at radius 2 is 1.87 bits per heavy atom. The molecule has 0 aliphatic heterocycles. The first-order chi connectivity index (χ1) is 7.11. The van der Waals surface area contributed by atoms with Gasteiger partial charge in [0, 0.05) is 38.1 Å². The van der Waals surface area contributed by atoms with Crippen molar-refractivity contribution in [1.82, 2.24) is 9.88 Å². The van der Waals surface area contributed by atoms with Gasteiger partial charge in [0.2, 0.25) is 5.91 Å². The summed E-state index contributed by atoms with van der Waals surface area (Å²) in [7, 11) is 3.98. The molecule has 0 fully saturated rings. The first-order valence-electron chi connectivity index (χ1n) is 4.94. The average molecular weight is 207 g/mol. The number of carbonyl (C=O) groups is 1. The lowest BCUT2D eigenvalue weighted by molar-refractivity contribution is -0.116. The second kappa shape index (κ2) is 5.46. The smallest absolute Gasteiger partial charge is 0.223 e. The quantitative estimate of drug-likeness (QED) is 0.739. The van der Waals surface area contributed by atoms with Gasteiger partial charge in [0.25, 0.3) is 0 Å². The van der Waals surface area contributed by atoms with Gasteiger partial charge < -0.3 is 9.80 Å². The lowest BCUT2D eigenvalue weighted by Gasteiger charge is -2.22. The monoisotopic (exact) mass is 207 g/mol. The van der Waals surface area contributed by atoms with Gasteiger partial charge in [-0.1, -0.05) is 0 Å². The summed E-state index contributed by atoms with van der Waals surface area (Å²) in [5.74, 6) is 0.0584. The van der Waals surface area contributed by atoms with Crippen molar-refractivity contribution in [2.24, 2.45) is 0 Å². The second-order valence-electron chi connectivity index (χ2n) is 3.68. The molecule has 1 aromatic rings. The Morgan fingerprint density at radius 1 is 1.27 bits per heavy atom. The van der Waals surface area contributed by atoms with E-state index in [-0.39, 0.29) is 5.91 Å². The van der Waals surface area contributed by atoms with Gasteiger partial charge in [0.05, 0.1) is 0 Å². The molecule has 0 aliphatic rings. The maximum atomic E-state index is 11.4. The van der Waals surface area contributed by atoms with Crippen LogP contribution in [0.15, 0.2) is 24.5 Å². The van der Waals surface area contributed by atoms with E-state index in [1.54, 1.807) is 24.2 Å². The second-order valence-corrected chi connectivity index (χ2v) is 3.68. The lowest BCUT2D eigenvalue weighted by Crippen LogP contribution is -2.35. The number of carbonyl (C=O) groups excluding carboxylic acids is 1. The lowest BCUT2D eigenvalue weighted by atomic mass is 10.3. The highest BCUT2D eigenvalue weighted by molar-refractivity contribution is 5.91. The SMILES string of the molecule is CC(=O)N(CCN(C)C)c1ccncc1. The number of rotatable bonds is 4. The van der Waals surface area contributed by atoms with Crippen LogP contribution >= 0.6 is 0 Å². The summed E-state index contributed by atoms with van der Waals surface area (Å²) in [6.45, 7) is 3.13. The first kappa shape index (κ1) is 11.7. The van der Waals surface area contributed by atoms with Crippen LogP contribution in [0.4, 0.5) is 5.69 Å². The molecule has 0 spiro atoms. The number of likely N-dealkylation sites (N-methyl/N-ethyl adjacent to an activating group) is 1. The van der Waals surface area contributed by atoms with Crippen molar-refractivity contribution in [3.63, 3.8) is 0 Å². The standard InChI is InChI=1S/C11H17N3O/c1-10(15)14(9-8-13(2)3)11-4-6-12-7-5-11/h4-7H,8-9H2,1-3H3. The van der Waals surface area contributed by atoms with Gasteiger partial charge in [0.1, 0.15) is 0 Å². The molecule has 1 heterocycles. The van der Waals surface area contributed by atoms with Crippen LogP contribution in [0.5, 0.6) is 0 Å². The average Bonchev–Trinajstić information content (AvgIpc) is 2.18. The van der Waals surface area contributed by atoms with Crippen molar-refractivity contribution in [2.45, 2.75) is 6.92 Å². The number of pyridine rings is 1. The highest BCUT2D eigenvalue weighted by atomic mass is 16.2. The van der Waals surface area contributed by atoms with E-state index in [1.165, 1.54) is 0 Å². The summed E-state index contributed by atoms with van der Waals surface area (Å²) in [5.41, 5.74) is 0.902. The van der Waals surface area contributed by atoms with Crippen molar-refractivity contribution >= 4 is 11.6 Å². The Morgan fingerprint density at radius 3 is 2.33 bits per heavy atom. The van der Waals surface area contributed by atoms with Crippen LogP contribution in [-0.4, -0.2) is 43.0 Å². The van der Waals surface area contributed by atoms with Crippen LogP contribution < -0.4 is 4.90 Å². The molecule has 0 aromatic carbocycles. The molecule has 82 valence electrons. The third-order valence-corrected chi connectivity index (χ3v) is 2.13. The molecule has 0 saturated heterocycles.